The van der Waals surface area contributed by atoms with Gasteiger partial charge in [-0.3, -0.25) is 0 Å². The summed E-state index contributed by atoms with van der Waals surface area (Å²) >= 11 is 0. The van der Waals surface area contributed by atoms with Gasteiger partial charge in [-0.05, 0) is 6.92 Å². The second-order valence-electron chi connectivity index (χ2n) is 2.27. The van der Waals surface area contributed by atoms with Crippen molar-refractivity contribution >= 4 is 23.1 Å². The van der Waals surface area contributed by atoms with Gasteiger partial charge in [0, 0.05) is 12.4 Å². The van der Waals surface area contributed by atoms with E-state index in [1.54, 1.807) is 0 Å². The van der Waals surface area contributed by atoms with Crippen LogP contribution in [0.4, 0.5) is 0 Å². The third-order valence-electron chi connectivity index (χ3n) is 1.37. The fourth-order valence-corrected chi connectivity index (χ4v) is 0.822. The molecule has 0 spiro atoms. The summed E-state index contributed by atoms with van der Waals surface area (Å²) in [4.78, 5) is 0. The smallest absolute Gasteiger partial charge is 1.00 e. The van der Waals surface area contributed by atoms with Gasteiger partial charge in [-0.25, -0.2) is 0 Å². The molecule has 0 bridgehead atoms. The molecule has 74 valence electrons. The summed E-state index contributed by atoms with van der Waals surface area (Å²) in [5.41, 5.74) is 0. The van der Waals surface area contributed by atoms with Crippen molar-refractivity contribution in [3.8, 4) is 5.75 Å². The molecule has 2 nitrogen and oxygen atoms in total. The van der Waals surface area contributed by atoms with Gasteiger partial charge in [-0.1, -0.05) is 0 Å². The zero-order chi connectivity index (χ0) is 8.65. The summed E-state index contributed by atoms with van der Waals surface area (Å²) in [6.45, 7) is 3.93. The maximum Gasteiger partial charge on any atom is 2.00 e. The van der Waals surface area contributed by atoms with Crippen LogP contribution in [0.5, 0.6) is 5.75 Å². The van der Waals surface area contributed by atoms with Crippen LogP contribution in [-0.2, 0) is 4.74 Å². The van der Waals surface area contributed by atoms with Gasteiger partial charge in [0.05, 0.1) is 6.61 Å². The van der Waals surface area contributed by atoms with E-state index >= 15 is 0 Å². The third-order valence-corrected chi connectivity index (χ3v) is 1.37. The molecule has 0 saturated heterocycles. The van der Waals surface area contributed by atoms with E-state index in [9.17, 15) is 0 Å². The molecule has 0 unspecified atom stereocenters. The molecule has 0 radical (unpaired) electrons. The minimum Gasteiger partial charge on any atom is -1.00 e. The molecular weight excluding hydrogens is 256 g/mol. The summed E-state index contributed by atoms with van der Waals surface area (Å²) < 4.78 is 10.4. The van der Waals surface area contributed by atoms with Crippen LogP contribution in [0.1, 0.15) is 6.92 Å². The van der Waals surface area contributed by atoms with Gasteiger partial charge in [-0.15, -0.1) is 12.1 Å². The van der Waals surface area contributed by atoms with Crippen molar-refractivity contribution in [1.29, 1.82) is 0 Å². The van der Waals surface area contributed by atoms with Gasteiger partial charge < -0.3 is 26.5 Å². The van der Waals surface area contributed by atoms with Crippen molar-refractivity contribution in [2.75, 3.05) is 19.8 Å². The second-order valence-corrected chi connectivity index (χ2v) is 2.27. The zero-order valence-electron chi connectivity index (χ0n) is 8.33. The maximum atomic E-state index is 5.33. The van der Waals surface area contributed by atoms with Crippen molar-refractivity contribution in [1.82, 2.24) is 0 Å². The average Bonchev–Trinajstić information content (AvgIpc) is 2.14. The van der Waals surface area contributed by atoms with Crippen molar-refractivity contribution in [2.45, 2.75) is 6.92 Å². The molecule has 0 aromatic heterocycles. The molecule has 0 amide bonds. The zero-order valence-corrected chi connectivity index (χ0v) is 11.3. The van der Waals surface area contributed by atoms with Crippen LogP contribution in [0.3, 0.4) is 0 Å². The number of halogens is 1. The molecule has 0 N–H and O–H groups in total. The van der Waals surface area contributed by atoms with Crippen molar-refractivity contribution in [2.24, 2.45) is 0 Å². The second kappa shape index (κ2) is 11.3. The van der Waals surface area contributed by atoms with Gasteiger partial charge in [0.15, 0.2) is 0 Å². The predicted octanol–water partition coefficient (Wildman–Crippen LogP) is -1.47. The van der Waals surface area contributed by atoms with E-state index in [0.29, 0.717) is 13.2 Å². The van der Waals surface area contributed by atoms with Crippen LogP contribution in [0.25, 0.3) is 0 Å². The normalized spacial score (nSPS) is 8.36. The molecule has 0 saturated carbocycles. The van der Waals surface area contributed by atoms with E-state index in [4.69, 9.17) is 9.47 Å². The molecule has 4 heteroatoms. The summed E-state index contributed by atoms with van der Waals surface area (Å²) in [5, 5.41) is 0. The van der Waals surface area contributed by atoms with Crippen LogP contribution in [-0.4, -0.2) is 42.9 Å². The first kappa shape index (κ1) is 16.6. The van der Waals surface area contributed by atoms with E-state index in [1.807, 2.05) is 31.2 Å². The maximum absolute atomic E-state index is 5.33. The van der Waals surface area contributed by atoms with Crippen molar-refractivity contribution < 1.29 is 26.5 Å². The van der Waals surface area contributed by atoms with Gasteiger partial charge in [0.25, 0.3) is 0 Å². The molecule has 0 fully saturated rings. The number of rotatable bonds is 5. The SMILES string of the molecule is CCOCCOc1[c-]cccc1.[Br-].[Mg+2]. The Morgan fingerprint density at radius 2 is 2.07 bits per heavy atom. The molecule has 0 heterocycles. The van der Waals surface area contributed by atoms with E-state index < -0.39 is 0 Å². The van der Waals surface area contributed by atoms with E-state index in [1.165, 1.54) is 0 Å². The average molecular weight is 269 g/mol. The van der Waals surface area contributed by atoms with Gasteiger partial charge >= 0.3 is 23.1 Å². The van der Waals surface area contributed by atoms with Crippen LogP contribution < -0.4 is 21.7 Å². The van der Waals surface area contributed by atoms with Crippen LogP contribution in [0, 0.1) is 6.07 Å². The van der Waals surface area contributed by atoms with Crippen LogP contribution in [0.15, 0.2) is 24.3 Å². The van der Waals surface area contributed by atoms with Gasteiger partial charge in [0.2, 0.25) is 0 Å². The fraction of sp³-hybridized carbons (Fsp3) is 0.400. The first-order valence-electron chi connectivity index (χ1n) is 4.10. The minimum atomic E-state index is 0. The van der Waals surface area contributed by atoms with E-state index in [0.717, 1.165) is 12.4 Å². The Bertz CT molecular complexity index is 207. The summed E-state index contributed by atoms with van der Waals surface area (Å²) in [6.07, 6.45) is 0. The van der Waals surface area contributed by atoms with Crippen LogP contribution >= 0.6 is 0 Å². The quantitative estimate of drug-likeness (QED) is 0.369. The monoisotopic (exact) mass is 268 g/mol. The molecule has 0 aliphatic carbocycles. The topological polar surface area (TPSA) is 18.5 Å². The number of hydrogen-bond donors (Lipinski definition) is 0. The number of benzene rings is 1. The molecule has 14 heavy (non-hydrogen) atoms. The number of hydrogen-bond acceptors (Lipinski definition) is 2. The largest absolute Gasteiger partial charge is 2.00 e. The Morgan fingerprint density at radius 1 is 1.29 bits per heavy atom. The number of para-hydroxylation sites is 1. The molecule has 0 aliphatic rings. The molecular formula is C10H13BrMgO2. The standard InChI is InChI=1S/C10H13O2.BrH.Mg/c1-2-11-8-9-12-10-6-4-3-5-7-10;;/h3-6H,2,8-9H2,1H3;1H;/q-1;;+2/p-1. The summed E-state index contributed by atoms with van der Waals surface area (Å²) in [7, 11) is 0. The minimum absolute atomic E-state index is 0. The molecule has 0 atom stereocenters. The number of ether oxygens (including phenoxy) is 2. The molecule has 0 aliphatic heterocycles. The Kier molecular flexibility index (Phi) is 13.4. The first-order valence-corrected chi connectivity index (χ1v) is 4.10. The molecule has 1 rings (SSSR count). The Morgan fingerprint density at radius 3 is 2.64 bits per heavy atom. The first-order chi connectivity index (χ1) is 5.93. The Labute approximate surface area is 112 Å². The molecule has 1 aromatic rings. The van der Waals surface area contributed by atoms with Gasteiger partial charge in [-0.2, -0.15) is 18.2 Å². The van der Waals surface area contributed by atoms with E-state index in [-0.39, 0.29) is 40.0 Å². The van der Waals surface area contributed by atoms with Crippen LogP contribution in [0.2, 0.25) is 0 Å². The summed E-state index contributed by atoms with van der Waals surface area (Å²) in [6, 6.07) is 10.5. The van der Waals surface area contributed by atoms with Crippen molar-refractivity contribution in [3.05, 3.63) is 30.3 Å². The summed E-state index contributed by atoms with van der Waals surface area (Å²) in [5.74, 6) is 0.775. The van der Waals surface area contributed by atoms with Gasteiger partial charge in [0.1, 0.15) is 6.61 Å². The molecule has 1 aromatic carbocycles. The Hall–Kier alpha value is 0.226. The van der Waals surface area contributed by atoms with Crippen molar-refractivity contribution in [3.63, 3.8) is 0 Å². The predicted molar refractivity (Wildman–Crippen MR) is 53.0 cm³/mol. The third kappa shape index (κ3) is 7.61. The fourth-order valence-electron chi connectivity index (χ4n) is 0.822. The Balaban J connectivity index is 0. The van der Waals surface area contributed by atoms with E-state index in [2.05, 4.69) is 6.07 Å².